The zero-order valence-electron chi connectivity index (χ0n) is 9.66. The minimum absolute atomic E-state index is 0.337. The van der Waals surface area contributed by atoms with Crippen LogP contribution in [0.2, 0.25) is 5.28 Å². The van der Waals surface area contributed by atoms with Gasteiger partial charge in [0, 0.05) is 18.7 Å². The van der Waals surface area contributed by atoms with Gasteiger partial charge in [-0.3, -0.25) is 0 Å². The van der Waals surface area contributed by atoms with Crippen molar-refractivity contribution < 1.29 is 4.74 Å². The van der Waals surface area contributed by atoms with Crippen LogP contribution in [-0.4, -0.2) is 36.3 Å². The Balaban J connectivity index is 2.34. The van der Waals surface area contributed by atoms with Gasteiger partial charge >= 0.3 is 0 Å². The second-order valence-corrected chi connectivity index (χ2v) is 4.18. The second kappa shape index (κ2) is 4.97. The van der Waals surface area contributed by atoms with Gasteiger partial charge in [-0.05, 0) is 24.9 Å². The Hall–Kier alpha value is -0.870. The topological polar surface area (TPSA) is 38.2 Å². The van der Waals surface area contributed by atoms with Crippen molar-refractivity contribution in [3.05, 3.63) is 16.5 Å². The monoisotopic (exact) mass is 241 g/mol. The number of nitrogens with zero attached hydrogens (tertiary/aromatic N) is 3. The van der Waals surface area contributed by atoms with Crippen LogP contribution in [0.25, 0.3) is 0 Å². The summed E-state index contributed by atoms with van der Waals surface area (Å²) in [5.74, 6) is 0.958. The highest BCUT2D eigenvalue weighted by atomic mass is 35.5. The first-order valence-electron chi connectivity index (χ1n) is 5.58. The van der Waals surface area contributed by atoms with Crippen LogP contribution in [0.5, 0.6) is 0 Å². The maximum absolute atomic E-state index is 5.94. The van der Waals surface area contributed by atoms with Crippen LogP contribution < -0.4 is 4.90 Å². The van der Waals surface area contributed by atoms with Gasteiger partial charge in [-0.1, -0.05) is 6.92 Å². The van der Waals surface area contributed by atoms with E-state index < -0.39 is 0 Å². The van der Waals surface area contributed by atoms with Crippen molar-refractivity contribution >= 4 is 17.4 Å². The van der Waals surface area contributed by atoms with Crippen LogP contribution in [-0.2, 0) is 11.2 Å². The third kappa shape index (κ3) is 2.28. The number of aromatic nitrogens is 2. The molecule has 1 aromatic heterocycles. The highest BCUT2D eigenvalue weighted by molar-refractivity contribution is 6.28. The molecule has 1 aliphatic heterocycles. The zero-order valence-corrected chi connectivity index (χ0v) is 10.4. The Labute approximate surface area is 101 Å². The van der Waals surface area contributed by atoms with Crippen LogP contribution in [0.15, 0.2) is 0 Å². The maximum Gasteiger partial charge on any atom is 0.224 e. The van der Waals surface area contributed by atoms with Crippen LogP contribution >= 0.6 is 11.6 Å². The Kier molecular flexibility index (Phi) is 3.61. The number of rotatable bonds is 2. The van der Waals surface area contributed by atoms with Gasteiger partial charge < -0.3 is 9.64 Å². The van der Waals surface area contributed by atoms with E-state index in [9.17, 15) is 0 Å². The van der Waals surface area contributed by atoms with Crippen LogP contribution in [0.1, 0.15) is 18.2 Å². The summed E-state index contributed by atoms with van der Waals surface area (Å²) < 4.78 is 5.33. The molecule has 4 nitrogen and oxygen atoms in total. The summed E-state index contributed by atoms with van der Waals surface area (Å²) in [5.41, 5.74) is 2.16. The molecule has 1 saturated heterocycles. The van der Waals surface area contributed by atoms with E-state index in [0.29, 0.717) is 5.28 Å². The van der Waals surface area contributed by atoms with Crippen molar-refractivity contribution in [3.63, 3.8) is 0 Å². The van der Waals surface area contributed by atoms with Gasteiger partial charge in [-0.25, -0.2) is 9.97 Å². The first-order valence-corrected chi connectivity index (χ1v) is 5.96. The molecule has 1 fully saturated rings. The molecule has 0 spiro atoms. The molecule has 5 heteroatoms. The molecule has 0 amide bonds. The molecule has 0 atom stereocenters. The molecule has 1 aromatic rings. The molecule has 0 aromatic carbocycles. The number of halogens is 1. The van der Waals surface area contributed by atoms with E-state index in [4.69, 9.17) is 16.3 Å². The minimum atomic E-state index is 0.337. The van der Waals surface area contributed by atoms with Crippen molar-refractivity contribution in [1.82, 2.24) is 9.97 Å². The molecule has 88 valence electrons. The fourth-order valence-electron chi connectivity index (χ4n) is 1.95. The second-order valence-electron chi connectivity index (χ2n) is 3.84. The van der Waals surface area contributed by atoms with E-state index in [1.807, 2.05) is 0 Å². The Morgan fingerprint density at radius 1 is 1.31 bits per heavy atom. The summed E-state index contributed by atoms with van der Waals surface area (Å²) in [5, 5.41) is 0.337. The molecule has 0 unspecified atom stereocenters. The van der Waals surface area contributed by atoms with E-state index in [1.165, 1.54) is 0 Å². The average Bonchev–Trinajstić information content (AvgIpc) is 2.33. The standard InChI is InChI=1S/C11H16ClN3O/c1-3-9-8(2)10(14-11(12)13-9)15-4-6-16-7-5-15/h3-7H2,1-2H3. The highest BCUT2D eigenvalue weighted by Crippen LogP contribution is 2.22. The summed E-state index contributed by atoms with van der Waals surface area (Å²) in [6, 6.07) is 0. The smallest absolute Gasteiger partial charge is 0.224 e. The van der Waals surface area contributed by atoms with E-state index in [-0.39, 0.29) is 0 Å². The molecular formula is C11H16ClN3O. The average molecular weight is 242 g/mol. The van der Waals surface area contributed by atoms with Crippen LogP contribution in [0, 0.1) is 6.92 Å². The van der Waals surface area contributed by atoms with Crippen molar-refractivity contribution in [2.24, 2.45) is 0 Å². The fraction of sp³-hybridized carbons (Fsp3) is 0.636. The predicted molar refractivity (Wildman–Crippen MR) is 64.2 cm³/mol. The first kappa shape index (κ1) is 11.6. The molecule has 2 rings (SSSR count). The SMILES string of the molecule is CCc1nc(Cl)nc(N2CCOCC2)c1C. The van der Waals surface area contributed by atoms with E-state index in [1.54, 1.807) is 0 Å². The molecule has 0 saturated carbocycles. The number of anilines is 1. The number of morpholine rings is 1. The van der Waals surface area contributed by atoms with Crippen molar-refractivity contribution in [1.29, 1.82) is 0 Å². The van der Waals surface area contributed by atoms with Crippen LogP contribution in [0.3, 0.4) is 0 Å². The highest BCUT2D eigenvalue weighted by Gasteiger charge is 2.17. The van der Waals surface area contributed by atoms with Gasteiger partial charge in [0.05, 0.1) is 18.9 Å². The van der Waals surface area contributed by atoms with Gasteiger partial charge in [0.1, 0.15) is 5.82 Å². The number of hydrogen-bond acceptors (Lipinski definition) is 4. The molecular weight excluding hydrogens is 226 g/mol. The predicted octanol–water partition coefficient (Wildman–Crippen LogP) is 1.84. The lowest BCUT2D eigenvalue weighted by Gasteiger charge is -2.29. The molecule has 0 bridgehead atoms. The van der Waals surface area contributed by atoms with Gasteiger partial charge in [-0.15, -0.1) is 0 Å². The third-order valence-corrected chi connectivity index (χ3v) is 3.01. The third-order valence-electron chi connectivity index (χ3n) is 2.84. The molecule has 16 heavy (non-hydrogen) atoms. The van der Waals surface area contributed by atoms with Crippen LogP contribution in [0.4, 0.5) is 5.82 Å². The molecule has 0 aliphatic carbocycles. The van der Waals surface area contributed by atoms with E-state index in [2.05, 4.69) is 28.7 Å². The maximum atomic E-state index is 5.94. The van der Waals surface area contributed by atoms with Gasteiger partial charge in [-0.2, -0.15) is 0 Å². The lowest BCUT2D eigenvalue weighted by atomic mass is 10.2. The first-order chi connectivity index (χ1) is 7.72. The quantitative estimate of drug-likeness (QED) is 0.741. The summed E-state index contributed by atoms with van der Waals surface area (Å²) in [6.07, 6.45) is 0.880. The summed E-state index contributed by atoms with van der Waals surface area (Å²) >= 11 is 5.94. The van der Waals surface area contributed by atoms with Gasteiger partial charge in [0.2, 0.25) is 5.28 Å². The lowest BCUT2D eigenvalue weighted by Crippen LogP contribution is -2.37. The molecule has 1 aliphatic rings. The Bertz CT molecular complexity index is 378. The normalized spacial score (nSPS) is 16.6. The molecule has 0 radical (unpaired) electrons. The number of aryl methyl sites for hydroxylation is 1. The summed E-state index contributed by atoms with van der Waals surface area (Å²) in [6.45, 7) is 7.38. The summed E-state index contributed by atoms with van der Waals surface area (Å²) in [4.78, 5) is 10.8. The number of hydrogen-bond donors (Lipinski definition) is 0. The van der Waals surface area contributed by atoms with Gasteiger partial charge in [0.15, 0.2) is 0 Å². The fourth-order valence-corrected chi connectivity index (χ4v) is 2.13. The Morgan fingerprint density at radius 3 is 2.62 bits per heavy atom. The summed E-state index contributed by atoms with van der Waals surface area (Å²) in [7, 11) is 0. The molecule has 2 heterocycles. The number of ether oxygens (including phenoxy) is 1. The largest absolute Gasteiger partial charge is 0.378 e. The Morgan fingerprint density at radius 2 is 2.00 bits per heavy atom. The van der Waals surface area contributed by atoms with Gasteiger partial charge in [0.25, 0.3) is 0 Å². The van der Waals surface area contributed by atoms with E-state index in [0.717, 1.165) is 49.8 Å². The van der Waals surface area contributed by atoms with Crippen molar-refractivity contribution in [2.75, 3.05) is 31.2 Å². The van der Waals surface area contributed by atoms with Crippen molar-refractivity contribution in [3.8, 4) is 0 Å². The molecule has 0 N–H and O–H groups in total. The van der Waals surface area contributed by atoms with E-state index >= 15 is 0 Å². The van der Waals surface area contributed by atoms with Crippen molar-refractivity contribution in [2.45, 2.75) is 20.3 Å². The lowest BCUT2D eigenvalue weighted by molar-refractivity contribution is 0.122. The minimum Gasteiger partial charge on any atom is -0.378 e. The zero-order chi connectivity index (χ0) is 11.5.